The highest BCUT2D eigenvalue weighted by molar-refractivity contribution is 5.93. The van der Waals surface area contributed by atoms with E-state index in [2.05, 4.69) is 5.10 Å². The minimum atomic E-state index is -0.954. The second kappa shape index (κ2) is 5.05. The van der Waals surface area contributed by atoms with E-state index in [1.807, 2.05) is 30.3 Å². The molecule has 0 aliphatic carbocycles. The van der Waals surface area contributed by atoms with Gasteiger partial charge in [0, 0.05) is 5.39 Å². The molecule has 5 nitrogen and oxygen atoms in total. The van der Waals surface area contributed by atoms with Crippen LogP contribution in [0.5, 0.6) is 0 Å². The number of benzene rings is 2. The summed E-state index contributed by atoms with van der Waals surface area (Å²) in [6.07, 6.45) is 1.59. The van der Waals surface area contributed by atoms with Crippen LogP contribution in [0.15, 0.2) is 54.7 Å². The van der Waals surface area contributed by atoms with Crippen LogP contribution in [0.3, 0.4) is 0 Å². The van der Waals surface area contributed by atoms with E-state index >= 15 is 0 Å². The van der Waals surface area contributed by atoms with Gasteiger partial charge >= 0.3 is 5.97 Å². The van der Waals surface area contributed by atoms with Crippen molar-refractivity contribution in [3.63, 3.8) is 0 Å². The number of nitrogens with zero attached hydrogens (tertiary/aromatic N) is 2. The van der Waals surface area contributed by atoms with Crippen molar-refractivity contribution in [2.75, 3.05) is 0 Å². The fraction of sp³-hybridized carbons (Fsp3) is 0.0667. The first-order valence-corrected chi connectivity index (χ1v) is 6.12. The molecule has 0 spiro atoms. The minimum Gasteiger partial charge on any atom is -0.478 e. The van der Waals surface area contributed by atoms with E-state index in [0.29, 0.717) is 6.61 Å². The quantitative estimate of drug-likeness (QED) is 0.789. The minimum absolute atomic E-state index is 0.236. The zero-order chi connectivity index (χ0) is 13.9. The van der Waals surface area contributed by atoms with Gasteiger partial charge in [-0.25, -0.2) is 4.79 Å². The fourth-order valence-electron chi connectivity index (χ4n) is 1.95. The Morgan fingerprint density at radius 2 is 2.00 bits per heavy atom. The standard InChI is InChI=1S/C15H12N2O3/c18-15(19)12-6-7-14-13(8-12)9-16-17(14)20-10-11-4-2-1-3-5-11/h1-9H,10H2,(H,18,19). The molecular weight excluding hydrogens is 256 g/mol. The summed E-state index contributed by atoms with van der Waals surface area (Å²) in [6, 6.07) is 14.6. The van der Waals surface area contributed by atoms with Crippen LogP contribution in [-0.2, 0) is 6.61 Å². The third-order valence-corrected chi connectivity index (χ3v) is 2.98. The van der Waals surface area contributed by atoms with Gasteiger partial charge in [-0.2, -0.15) is 0 Å². The normalized spacial score (nSPS) is 10.6. The fourth-order valence-corrected chi connectivity index (χ4v) is 1.95. The highest BCUT2D eigenvalue weighted by Gasteiger charge is 2.08. The molecule has 0 aliphatic heterocycles. The second-order valence-corrected chi connectivity index (χ2v) is 4.36. The molecule has 100 valence electrons. The molecule has 1 heterocycles. The van der Waals surface area contributed by atoms with Crippen LogP contribution in [0.4, 0.5) is 0 Å². The van der Waals surface area contributed by atoms with Crippen molar-refractivity contribution < 1.29 is 14.7 Å². The molecule has 0 radical (unpaired) electrons. The summed E-state index contributed by atoms with van der Waals surface area (Å²) in [4.78, 5) is 17.9. The van der Waals surface area contributed by atoms with Crippen LogP contribution < -0.4 is 4.84 Å². The van der Waals surface area contributed by atoms with Gasteiger partial charge in [-0.1, -0.05) is 35.2 Å². The number of aromatic nitrogens is 2. The first-order chi connectivity index (χ1) is 9.74. The summed E-state index contributed by atoms with van der Waals surface area (Å²) in [5.41, 5.74) is 2.02. The Bertz CT molecular complexity index is 750. The number of carbonyl (C=O) groups is 1. The number of carboxylic acid groups (broad SMARTS) is 1. The summed E-state index contributed by atoms with van der Waals surface area (Å²) < 4.78 is 0. The van der Waals surface area contributed by atoms with Crippen LogP contribution in [-0.4, -0.2) is 21.0 Å². The van der Waals surface area contributed by atoms with Crippen molar-refractivity contribution in [1.29, 1.82) is 0 Å². The molecule has 0 fully saturated rings. The molecule has 5 heteroatoms. The Kier molecular flexibility index (Phi) is 3.09. The van der Waals surface area contributed by atoms with Crippen molar-refractivity contribution >= 4 is 16.9 Å². The average molecular weight is 268 g/mol. The SMILES string of the molecule is O=C(O)c1ccc2c(cnn2OCc2ccccc2)c1. The van der Waals surface area contributed by atoms with Gasteiger partial charge < -0.3 is 9.94 Å². The predicted molar refractivity (Wildman–Crippen MR) is 73.4 cm³/mol. The summed E-state index contributed by atoms with van der Waals surface area (Å²) >= 11 is 0. The smallest absolute Gasteiger partial charge is 0.335 e. The van der Waals surface area contributed by atoms with Crippen LogP contribution in [0.25, 0.3) is 10.9 Å². The summed E-state index contributed by atoms with van der Waals surface area (Å²) in [5, 5.41) is 13.8. The Balaban J connectivity index is 1.84. The van der Waals surface area contributed by atoms with Crippen molar-refractivity contribution in [3.8, 4) is 0 Å². The molecule has 1 N–H and O–H groups in total. The van der Waals surface area contributed by atoms with E-state index < -0.39 is 5.97 Å². The first kappa shape index (κ1) is 12.2. The molecule has 3 aromatic rings. The molecular formula is C15H12N2O3. The van der Waals surface area contributed by atoms with Gasteiger partial charge in [0.05, 0.1) is 11.8 Å². The number of rotatable bonds is 4. The number of hydrogen-bond donors (Lipinski definition) is 1. The maximum Gasteiger partial charge on any atom is 0.335 e. The number of carboxylic acids is 1. The van der Waals surface area contributed by atoms with Gasteiger partial charge in [-0.15, -0.1) is 5.10 Å². The van der Waals surface area contributed by atoms with E-state index in [9.17, 15) is 4.79 Å². The Hall–Kier alpha value is -2.82. The van der Waals surface area contributed by atoms with Crippen LogP contribution in [0.2, 0.25) is 0 Å². The number of aromatic carboxylic acids is 1. The highest BCUT2D eigenvalue weighted by atomic mass is 16.7. The molecule has 0 saturated carbocycles. The zero-order valence-electron chi connectivity index (χ0n) is 10.6. The molecule has 0 unspecified atom stereocenters. The molecule has 0 bridgehead atoms. The maximum atomic E-state index is 10.9. The third-order valence-electron chi connectivity index (χ3n) is 2.98. The molecule has 1 aromatic heterocycles. The monoisotopic (exact) mass is 268 g/mol. The van der Waals surface area contributed by atoms with Crippen LogP contribution >= 0.6 is 0 Å². The largest absolute Gasteiger partial charge is 0.478 e. The molecule has 20 heavy (non-hydrogen) atoms. The lowest BCUT2D eigenvalue weighted by Gasteiger charge is -2.06. The summed E-state index contributed by atoms with van der Waals surface area (Å²) in [6.45, 7) is 0.401. The Labute approximate surface area is 115 Å². The summed E-state index contributed by atoms with van der Waals surface area (Å²) in [7, 11) is 0. The highest BCUT2D eigenvalue weighted by Crippen LogP contribution is 2.15. The Morgan fingerprint density at radius 1 is 1.20 bits per heavy atom. The first-order valence-electron chi connectivity index (χ1n) is 6.12. The average Bonchev–Trinajstić information content (AvgIpc) is 2.88. The van der Waals surface area contributed by atoms with Gasteiger partial charge in [-0.3, -0.25) is 0 Å². The van der Waals surface area contributed by atoms with E-state index in [-0.39, 0.29) is 5.56 Å². The van der Waals surface area contributed by atoms with Crippen LogP contribution in [0.1, 0.15) is 15.9 Å². The van der Waals surface area contributed by atoms with Crippen LogP contribution in [0, 0.1) is 0 Å². The van der Waals surface area contributed by atoms with Crippen molar-refractivity contribution in [3.05, 3.63) is 65.9 Å². The number of hydrogen-bond acceptors (Lipinski definition) is 3. The van der Waals surface area contributed by atoms with Crippen molar-refractivity contribution in [2.24, 2.45) is 0 Å². The van der Waals surface area contributed by atoms with E-state index in [1.165, 1.54) is 10.9 Å². The predicted octanol–water partition coefficient (Wildman–Crippen LogP) is 2.36. The lowest BCUT2D eigenvalue weighted by Crippen LogP contribution is -2.12. The molecule has 0 amide bonds. The second-order valence-electron chi connectivity index (χ2n) is 4.36. The molecule has 2 aromatic carbocycles. The third kappa shape index (κ3) is 2.33. The molecule has 0 atom stereocenters. The zero-order valence-corrected chi connectivity index (χ0v) is 10.6. The molecule has 0 saturated heterocycles. The topological polar surface area (TPSA) is 64.3 Å². The van der Waals surface area contributed by atoms with Crippen molar-refractivity contribution in [1.82, 2.24) is 9.94 Å². The maximum absolute atomic E-state index is 10.9. The molecule has 3 rings (SSSR count). The Morgan fingerprint density at radius 3 is 2.75 bits per heavy atom. The van der Waals surface area contributed by atoms with Gasteiger partial charge in [0.2, 0.25) is 0 Å². The van der Waals surface area contributed by atoms with Crippen molar-refractivity contribution in [2.45, 2.75) is 6.61 Å². The van der Waals surface area contributed by atoms with E-state index in [1.54, 1.807) is 18.3 Å². The summed E-state index contributed by atoms with van der Waals surface area (Å²) in [5.74, 6) is -0.954. The van der Waals surface area contributed by atoms with Gasteiger partial charge in [-0.05, 0) is 23.8 Å². The van der Waals surface area contributed by atoms with Gasteiger partial charge in [0.25, 0.3) is 0 Å². The van der Waals surface area contributed by atoms with E-state index in [0.717, 1.165) is 16.5 Å². The van der Waals surface area contributed by atoms with E-state index in [4.69, 9.17) is 9.94 Å². The lowest BCUT2D eigenvalue weighted by molar-refractivity contribution is 0.0696. The number of fused-ring (bicyclic) bond motifs is 1. The molecule has 0 aliphatic rings. The lowest BCUT2D eigenvalue weighted by atomic mass is 10.2. The van der Waals surface area contributed by atoms with Gasteiger partial charge in [0.15, 0.2) is 0 Å². The van der Waals surface area contributed by atoms with Gasteiger partial charge in [0.1, 0.15) is 12.1 Å².